The van der Waals surface area contributed by atoms with E-state index in [0.717, 1.165) is 23.3 Å². The maximum atomic E-state index is 6.48. The average Bonchev–Trinajstić information content (AvgIpc) is 2.66. The van der Waals surface area contributed by atoms with Gasteiger partial charge in [-0.1, -0.05) is 0 Å². The molecule has 0 spiro atoms. The lowest BCUT2D eigenvalue weighted by molar-refractivity contribution is 0.153. The summed E-state index contributed by atoms with van der Waals surface area (Å²) in [5.74, 6) is 0. The molecule has 0 aliphatic rings. The lowest BCUT2D eigenvalue weighted by atomic mass is 9.91. The Hall–Kier alpha value is -0.430. The Morgan fingerprint density at radius 2 is 1.95 bits per heavy atom. The Kier molecular flexibility index (Phi) is 5.55. The van der Waals surface area contributed by atoms with E-state index in [1.807, 2.05) is 25.0 Å². The van der Waals surface area contributed by atoms with Crippen molar-refractivity contribution in [2.75, 3.05) is 34.7 Å². The number of hydrogen-bond donors (Lipinski definition) is 1. The summed E-state index contributed by atoms with van der Waals surface area (Å²) in [7, 11) is 8.21. The third-order valence-corrected chi connectivity index (χ3v) is 4.41. The lowest BCUT2D eigenvalue weighted by Crippen LogP contribution is -2.48. The van der Waals surface area contributed by atoms with Crippen molar-refractivity contribution in [2.45, 2.75) is 32.0 Å². The first-order valence-electron chi connectivity index (χ1n) is 6.47. The van der Waals surface area contributed by atoms with Gasteiger partial charge in [0, 0.05) is 12.1 Å². The molecule has 0 bridgehead atoms. The minimum absolute atomic E-state index is 0.110. The topological polar surface area (TPSA) is 50.3 Å². The number of likely N-dealkylation sites (N-methyl/N-ethyl adjacent to an activating group) is 2. The van der Waals surface area contributed by atoms with Gasteiger partial charge in [0.05, 0.1) is 29.0 Å². The average molecular weight is 332 g/mol. The van der Waals surface area contributed by atoms with Crippen molar-refractivity contribution in [1.82, 2.24) is 19.6 Å². The SMILES string of the molecule is CN(C)CCn1ncc(Br)c1C(N)C(C)(C)N(C)C. The molecular weight excluding hydrogens is 306 g/mol. The second-order valence-corrected chi connectivity index (χ2v) is 6.78. The zero-order valence-corrected chi connectivity index (χ0v) is 14.4. The second kappa shape index (κ2) is 6.35. The Labute approximate surface area is 124 Å². The second-order valence-electron chi connectivity index (χ2n) is 5.93. The predicted octanol–water partition coefficient (Wildman–Crippen LogP) is 1.55. The van der Waals surface area contributed by atoms with E-state index in [1.165, 1.54) is 0 Å². The standard InChI is InChI=1S/C13H26BrN5/c1-13(2,18(5)6)12(15)11-10(14)9-16-19(11)8-7-17(3)4/h9,12H,7-8,15H2,1-6H3. The van der Waals surface area contributed by atoms with Crippen LogP contribution in [0.5, 0.6) is 0 Å². The van der Waals surface area contributed by atoms with Gasteiger partial charge >= 0.3 is 0 Å². The van der Waals surface area contributed by atoms with E-state index < -0.39 is 0 Å². The molecule has 0 saturated heterocycles. The third-order valence-electron chi connectivity index (χ3n) is 3.80. The van der Waals surface area contributed by atoms with Gasteiger partial charge in [-0.2, -0.15) is 5.10 Å². The molecule has 1 aromatic rings. The van der Waals surface area contributed by atoms with Crippen LogP contribution in [-0.4, -0.2) is 59.9 Å². The van der Waals surface area contributed by atoms with E-state index in [1.54, 1.807) is 0 Å². The van der Waals surface area contributed by atoms with Gasteiger partial charge in [0.15, 0.2) is 0 Å². The van der Waals surface area contributed by atoms with Crippen molar-refractivity contribution in [3.63, 3.8) is 0 Å². The maximum absolute atomic E-state index is 6.48. The first-order valence-corrected chi connectivity index (χ1v) is 7.26. The highest BCUT2D eigenvalue weighted by atomic mass is 79.9. The van der Waals surface area contributed by atoms with Crippen molar-refractivity contribution < 1.29 is 0 Å². The maximum Gasteiger partial charge on any atom is 0.0712 e. The molecule has 2 N–H and O–H groups in total. The van der Waals surface area contributed by atoms with Gasteiger partial charge in [-0.15, -0.1) is 0 Å². The van der Waals surface area contributed by atoms with Crippen LogP contribution in [0, 0.1) is 0 Å². The molecule has 6 heteroatoms. The molecule has 0 radical (unpaired) electrons. The molecule has 1 aromatic heterocycles. The smallest absolute Gasteiger partial charge is 0.0712 e. The summed E-state index contributed by atoms with van der Waals surface area (Å²) >= 11 is 3.57. The molecule has 110 valence electrons. The van der Waals surface area contributed by atoms with E-state index in [9.17, 15) is 0 Å². The van der Waals surface area contributed by atoms with E-state index in [2.05, 4.69) is 58.8 Å². The highest BCUT2D eigenvalue weighted by Gasteiger charge is 2.33. The summed E-state index contributed by atoms with van der Waals surface area (Å²) in [5, 5.41) is 4.43. The fourth-order valence-electron chi connectivity index (χ4n) is 1.77. The normalized spacial score (nSPS) is 14.4. The summed E-state index contributed by atoms with van der Waals surface area (Å²) in [6, 6.07) is -0.110. The molecule has 0 fully saturated rings. The Morgan fingerprint density at radius 3 is 2.42 bits per heavy atom. The minimum atomic E-state index is -0.140. The van der Waals surface area contributed by atoms with Crippen molar-refractivity contribution >= 4 is 15.9 Å². The predicted molar refractivity (Wildman–Crippen MR) is 83.2 cm³/mol. The summed E-state index contributed by atoms with van der Waals surface area (Å²) in [6.45, 7) is 6.07. The lowest BCUT2D eigenvalue weighted by Gasteiger charge is -2.38. The Morgan fingerprint density at radius 1 is 1.37 bits per heavy atom. The van der Waals surface area contributed by atoms with Gasteiger partial charge in [-0.3, -0.25) is 4.68 Å². The van der Waals surface area contributed by atoms with Crippen LogP contribution in [0.15, 0.2) is 10.7 Å². The van der Waals surface area contributed by atoms with Gasteiger partial charge in [0.25, 0.3) is 0 Å². The number of aromatic nitrogens is 2. The summed E-state index contributed by atoms with van der Waals surface area (Å²) < 4.78 is 2.98. The fraction of sp³-hybridized carbons (Fsp3) is 0.769. The first kappa shape index (κ1) is 16.6. The highest BCUT2D eigenvalue weighted by molar-refractivity contribution is 9.10. The molecular formula is C13H26BrN5. The van der Waals surface area contributed by atoms with Gasteiger partial charge < -0.3 is 15.5 Å². The molecule has 0 aromatic carbocycles. The molecule has 5 nitrogen and oxygen atoms in total. The van der Waals surface area contributed by atoms with E-state index in [-0.39, 0.29) is 11.6 Å². The van der Waals surface area contributed by atoms with E-state index in [0.29, 0.717) is 0 Å². The molecule has 1 rings (SSSR count). The monoisotopic (exact) mass is 331 g/mol. The van der Waals surface area contributed by atoms with E-state index in [4.69, 9.17) is 5.73 Å². The van der Waals surface area contributed by atoms with Crippen LogP contribution in [0.25, 0.3) is 0 Å². The zero-order valence-electron chi connectivity index (χ0n) is 12.8. The van der Waals surface area contributed by atoms with Crippen LogP contribution >= 0.6 is 15.9 Å². The van der Waals surface area contributed by atoms with Crippen LogP contribution in [-0.2, 0) is 6.54 Å². The number of nitrogens with two attached hydrogens (primary N) is 1. The minimum Gasteiger partial charge on any atom is -0.321 e. The quantitative estimate of drug-likeness (QED) is 0.859. The van der Waals surface area contributed by atoms with Crippen LogP contribution in [0.3, 0.4) is 0 Å². The first-order chi connectivity index (χ1) is 8.67. The molecule has 0 aliphatic heterocycles. The zero-order chi connectivity index (χ0) is 14.8. The van der Waals surface area contributed by atoms with Gasteiger partial charge in [-0.05, 0) is 58.0 Å². The summed E-state index contributed by atoms with van der Waals surface area (Å²) in [5.41, 5.74) is 7.40. The van der Waals surface area contributed by atoms with Gasteiger partial charge in [-0.25, -0.2) is 0 Å². The number of rotatable bonds is 6. The van der Waals surface area contributed by atoms with Crippen molar-refractivity contribution in [1.29, 1.82) is 0 Å². The Balaban J connectivity index is 3.02. The summed E-state index contributed by atoms with van der Waals surface area (Å²) in [4.78, 5) is 4.29. The van der Waals surface area contributed by atoms with Crippen LogP contribution in [0.4, 0.5) is 0 Å². The number of halogens is 1. The molecule has 0 amide bonds. The van der Waals surface area contributed by atoms with Gasteiger partial charge in [0.2, 0.25) is 0 Å². The summed E-state index contributed by atoms with van der Waals surface area (Å²) in [6.07, 6.45) is 1.83. The molecule has 19 heavy (non-hydrogen) atoms. The number of nitrogens with zero attached hydrogens (tertiary/aromatic N) is 4. The van der Waals surface area contributed by atoms with E-state index >= 15 is 0 Å². The van der Waals surface area contributed by atoms with Crippen molar-refractivity contribution in [3.05, 3.63) is 16.4 Å². The molecule has 0 aliphatic carbocycles. The third kappa shape index (κ3) is 3.78. The van der Waals surface area contributed by atoms with Crippen LogP contribution < -0.4 is 5.73 Å². The Bertz CT molecular complexity index is 411. The largest absolute Gasteiger partial charge is 0.321 e. The molecule has 1 heterocycles. The van der Waals surface area contributed by atoms with Crippen LogP contribution in [0.2, 0.25) is 0 Å². The molecule has 1 atom stereocenters. The van der Waals surface area contributed by atoms with Gasteiger partial charge in [0.1, 0.15) is 0 Å². The van der Waals surface area contributed by atoms with Crippen molar-refractivity contribution in [2.24, 2.45) is 5.73 Å². The molecule has 0 saturated carbocycles. The van der Waals surface area contributed by atoms with Crippen molar-refractivity contribution in [3.8, 4) is 0 Å². The highest BCUT2D eigenvalue weighted by Crippen LogP contribution is 2.31. The van der Waals surface area contributed by atoms with Crippen LogP contribution in [0.1, 0.15) is 25.6 Å². The fourth-order valence-corrected chi connectivity index (χ4v) is 2.31. The number of hydrogen-bond acceptors (Lipinski definition) is 4. The molecule has 1 unspecified atom stereocenters.